The van der Waals surface area contributed by atoms with Crippen molar-refractivity contribution in [2.75, 3.05) is 19.6 Å². The summed E-state index contributed by atoms with van der Waals surface area (Å²) in [5.74, 6) is 1.25. The van der Waals surface area contributed by atoms with Crippen LogP contribution in [0.3, 0.4) is 0 Å². The smallest absolute Gasteiger partial charge is 0.232 e. The molecule has 1 aromatic heterocycles. The van der Waals surface area contributed by atoms with Crippen LogP contribution in [-0.2, 0) is 4.79 Å². The van der Waals surface area contributed by atoms with Crippen LogP contribution in [0.5, 0.6) is 11.5 Å². The van der Waals surface area contributed by atoms with Crippen LogP contribution in [0.2, 0.25) is 0 Å². The summed E-state index contributed by atoms with van der Waals surface area (Å²) in [6, 6.07) is 20.3. The highest BCUT2D eigenvalue weighted by molar-refractivity contribution is 7.10. The van der Waals surface area contributed by atoms with E-state index < -0.39 is 0 Å². The van der Waals surface area contributed by atoms with Crippen molar-refractivity contribution >= 4 is 17.2 Å². The summed E-state index contributed by atoms with van der Waals surface area (Å²) in [6.07, 6.45) is 2.54. The number of carbonyl (C=O) groups excluding carboxylic acids is 1. The van der Waals surface area contributed by atoms with Gasteiger partial charge in [0, 0.05) is 24.0 Å². The van der Waals surface area contributed by atoms with Crippen molar-refractivity contribution in [3.8, 4) is 11.5 Å². The van der Waals surface area contributed by atoms with Crippen molar-refractivity contribution in [2.24, 2.45) is 0 Å². The number of hydrogen-bond donors (Lipinski definition) is 2. The van der Waals surface area contributed by atoms with Crippen molar-refractivity contribution in [3.63, 3.8) is 0 Å². The minimum atomic E-state index is -0.339. The molecule has 3 aromatic rings. The summed E-state index contributed by atoms with van der Waals surface area (Å²) in [5, 5.41) is 5.42. The number of para-hydroxylation sites is 2. The van der Waals surface area contributed by atoms with Gasteiger partial charge in [-0.25, -0.2) is 0 Å². The molecule has 0 aliphatic carbocycles. The number of hydrogen-bond acceptors (Lipinski definition) is 3. The Morgan fingerprint density at radius 2 is 1.66 bits per heavy atom. The number of rotatable bonds is 5. The van der Waals surface area contributed by atoms with Crippen LogP contribution in [0.15, 0.2) is 66.0 Å². The Kier molecular flexibility index (Phi) is 5.08. The van der Waals surface area contributed by atoms with Crippen LogP contribution < -0.4 is 15.0 Å². The van der Waals surface area contributed by atoms with Crippen molar-refractivity contribution in [1.29, 1.82) is 0 Å². The van der Waals surface area contributed by atoms with Gasteiger partial charge in [-0.2, -0.15) is 0 Å². The minimum Gasteiger partial charge on any atom is -0.457 e. The van der Waals surface area contributed by atoms with Gasteiger partial charge in [-0.15, -0.1) is 11.3 Å². The van der Waals surface area contributed by atoms with Gasteiger partial charge in [-0.3, -0.25) is 4.79 Å². The van der Waals surface area contributed by atoms with Crippen LogP contribution in [0.25, 0.3) is 0 Å². The SMILES string of the molecule is O=C(NC[C@H](c1cccs1)[NH+]1CCCC1)C1c2ccccc2Oc2ccccc21. The molecule has 3 heterocycles. The van der Waals surface area contributed by atoms with E-state index in [0.717, 1.165) is 22.6 Å². The monoisotopic (exact) mass is 405 g/mol. The fraction of sp³-hybridized carbons (Fsp3) is 0.292. The van der Waals surface area contributed by atoms with Crippen LogP contribution in [-0.4, -0.2) is 25.5 Å². The maximum absolute atomic E-state index is 13.4. The quantitative estimate of drug-likeness (QED) is 0.682. The molecule has 0 unspecified atom stereocenters. The second-order valence-electron chi connectivity index (χ2n) is 7.79. The molecule has 1 fully saturated rings. The molecule has 2 aliphatic rings. The Labute approximate surface area is 175 Å². The lowest BCUT2D eigenvalue weighted by Gasteiger charge is -2.29. The fourth-order valence-corrected chi connectivity index (χ4v) is 5.50. The van der Waals surface area contributed by atoms with E-state index in [2.05, 4.69) is 22.8 Å². The van der Waals surface area contributed by atoms with Crippen molar-refractivity contribution in [1.82, 2.24) is 5.32 Å². The van der Waals surface area contributed by atoms with Crippen LogP contribution >= 0.6 is 11.3 Å². The first-order valence-corrected chi connectivity index (χ1v) is 11.2. The first-order chi connectivity index (χ1) is 14.3. The molecule has 0 saturated carbocycles. The summed E-state index contributed by atoms with van der Waals surface area (Å²) in [5.41, 5.74) is 1.87. The van der Waals surface area contributed by atoms with E-state index >= 15 is 0 Å². The molecule has 5 heteroatoms. The largest absolute Gasteiger partial charge is 0.457 e. The lowest BCUT2D eigenvalue weighted by atomic mass is 9.87. The third-order valence-electron chi connectivity index (χ3n) is 6.05. The summed E-state index contributed by atoms with van der Waals surface area (Å²) >= 11 is 1.79. The molecule has 2 aromatic carbocycles. The lowest BCUT2D eigenvalue weighted by Crippen LogP contribution is -3.11. The number of nitrogens with one attached hydrogen (secondary N) is 2. The summed E-state index contributed by atoms with van der Waals surface area (Å²) < 4.78 is 6.04. The molecular formula is C24H25N2O2S+. The number of carbonyl (C=O) groups is 1. The Balaban J connectivity index is 1.41. The average Bonchev–Trinajstić information content (AvgIpc) is 3.47. The second kappa shape index (κ2) is 8.01. The van der Waals surface area contributed by atoms with E-state index in [0.29, 0.717) is 12.6 Å². The predicted octanol–water partition coefficient (Wildman–Crippen LogP) is 3.52. The zero-order valence-electron chi connectivity index (χ0n) is 16.3. The summed E-state index contributed by atoms with van der Waals surface area (Å²) in [6.45, 7) is 3.03. The molecule has 0 radical (unpaired) electrons. The average molecular weight is 406 g/mol. The molecule has 148 valence electrons. The van der Waals surface area contributed by atoms with Gasteiger partial charge in [0.15, 0.2) is 0 Å². The van der Waals surface area contributed by atoms with E-state index in [-0.39, 0.29) is 11.8 Å². The van der Waals surface area contributed by atoms with E-state index in [1.165, 1.54) is 30.8 Å². The molecule has 29 heavy (non-hydrogen) atoms. The molecular weight excluding hydrogens is 380 g/mol. The van der Waals surface area contributed by atoms with Crippen LogP contribution in [0, 0.1) is 0 Å². The van der Waals surface area contributed by atoms with Crippen molar-refractivity contribution in [2.45, 2.75) is 24.8 Å². The first-order valence-electron chi connectivity index (χ1n) is 10.3. The van der Waals surface area contributed by atoms with Gasteiger partial charge in [0.25, 0.3) is 0 Å². The number of thiophene rings is 1. The molecule has 2 N–H and O–H groups in total. The van der Waals surface area contributed by atoms with E-state index in [1.807, 2.05) is 48.5 Å². The topological polar surface area (TPSA) is 42.8 Å². The molecule has 1 saturated heterocycles. The highest BCUT2D eigenvalue weighted by atomic mass is 32.1. The van der Waals surface area contributed by atoms with Gasteiger partial charge in [0.05, 0.1) is 30.4 Å². The molecule has 1 amide bonds. The Morgan fingerprint density at radius 3 is 2.28 bits per heavy atom. The zero-order chi connectivity index (χ0) is 19.6. The molecule has 4 nitrogen and oxygen atoms in total. The van der Waals surface area contributed by atoms with Crippen molar-refractivity contribution < 1.29 is 14.4 Å². The second-order valence-corrected chi connectivity index (χ2v) is 8.77. The molecule has 1 atom stereocenters. The normalized spacial score (nSPS) is 17.2. The highest BCUT2D eigenvalue weighted by Crippen LogP contribution is 2.43. The first kappa shape index (κ1) is 18.4. The summed E-state index contributed by atoms with van der Waals surface area (Å²) in [7, 11) is 0. The number of fused-ring (bicyclic) bond motifs is 2. The third kappa shape index (κ3) is 3.56. The zero-order valence-corrected chi connectivity index (χ0v) is 17.1. The molecule has 0 spiro atoms. The third-order valence-corrected chi connectivity index (χ3v) is 7.03. The number of quaternary nitrogens is 1. The molecule has 5 rings (SSSR count). The van der Waals surface area contributed by atoms with Crippen molar-refractivity contribution in [3.05, 3.63) is 82.0 Å². The fourth-order valence-electron chi connectivity index (χ4n) is 4.61. The minimum absolute atomic E-state index is 0.0494. The van der Waals surface area contributed by atoms with Crippen LogP contribution in [0.4, 0.5) is 0 Å². The predicted molar refractivity (Wildman–Crippen MR) is 115 cm³/mol. The highest BCUT2D eigenvalue weighted by Gasteiger charge is 2.34. The van der Waals surface area contributed by atoms with Gasteiger partial charge in [-0.05, 0) is 23.6 Å². The van der Waals surface area contributed by atoms with E-state index in [4.69, 9.17) is 4.74 Å². The standard InChI is InChI=1S/C24H24N2O2S/c27-24(25-16-19(22-12-7-15-29-22)26-13-5-6-14-26)23-17-8-1-3-10-20(17)28-21-11-4-2-9-18(21)23/h1-4,7-12,15,19,23H,5-6,13-14,16H2,(H,25,27)/p+1/t19-/m1/s1. The number of likely N-dealkylation sites (tertiary alicyclic amines) is 1. The summed E-state index contributed by atoms with van der Waals surface area (Å²) in [4.78, 5) is 16.4. The van der Waals surface area contributed by atoms with Gasteiger partial charge < -0.3 is 15.0 Å². The van der Waals surface area contributed by atoms with Crippen LogP contribution in [0.1, 0.15) is 40.8 Å². The number of benzene rings is 2. The van der Waals surface area contributed by atoms with Gasteiger partial charge in [0.2, 0.25) is 5.91 Å². The maximum Gasteiger partial charge on any atom is 0.232 e. The Bertz CT molecular complexity index is 950. The van der Waals surface area contributed by atoms with Gasteiger partial charge in [-0.1, -0.05) is 42.5 Å². The number of ether oxygens (including phenoxy) is 1. The Morgan fingerprint density at radius 1 is 1.00 bits per heavy atom. The van der Waals surface area contributed by atoms with Gasteiger partial charge >= 0.3 is 0 Å². The lowest BCUT2D eigenvalue weighted by molar-refractivity contribution is -0.918. The van der Waals surface area contributed by atoms with Gasteiger partial charge in [0.1, 0.15) is 17.5 Å². The molecule has 2 aliphatic heterocycles. The Hall–Kier alpha value is -2.63. The van der Waals surface area contributed by atoms with E-state index in [9.17, 15) is 4.79 Å². The maximum atomic E-state index is 13.4. The van der Waals surface area contributed by atoms with E-state index in [1.54, 1.807) is 16.2 Å². The molecule has 0 bridgehead atoms. The number of amides is 1.